The zero-order valence-corrected chi connectivity index (χ0v) is 17.4. The van der Waals surface area contributed by atoms with E-state index in [1.165, 1.54) is 5.56 Å². The number of hydrogen-bond donors (Lipinski definition) is 3. The number of anilines is 1. The van der Waals surface area contributed by atoms with Crippen molar-refractivity contribution < 1.29 is 4.79 Å². The third-order valence-corrected chi connectivity index (χ3v) is 6.20. The first-order valence-electron chi connectivity index (χ1n) is 10.4. The molecule has 30 heavy (non-hydrogen) atoms. The Balaban J connectivity index is 1.13. The number of para-hydroxylation sites is 2. The molecular weight excluding hydrogens is 398 g/mol. The van der Waals surface area contributed by atoms with Gasteiger partial charge in [-0.05, 0) is 55.2 Å². The molecule has 1 amide bonds. The molecule has 1 fully saturated rings. The first-order chi connectivity index (χ1) is 14.7. The van der Waals surface area contributed by atoms with Gasteiger partial charge in [-0.1, -0.05) is 23.7 Å². The van der Waals surface area contributed by atoms with Gasteiger partial charge in [0.15, 0.2) is 0 Å². The number of carbonyl (C=O) groups excluding carboxylic acids is 1. The third kappa shape index (κ3) is 3.75. The molecule has 0 unspecified atom stereocenters. The van der Waals surface area contributed by atoms with E-state index in [4.69, 9.17) is 11.6 Å². The maximum absolute atomic E-state index is 12.6. The number of nitrogens with one attached hydrogen (secondary N) is 3. The van der Waals surface area contributed by atoms with Gasteiger partial charge in [-0.15, -0.1) is 0 Å². The number of carbonyl (C=O) groups is 1. The SMILES string of the molecule is O=C(NCCc1c[nH]c2ccc(Cl)cc12)C1CCN(c2nc3ccccc3[nH]2)CC1. The minimum atomic E-state index is 0.0584. The van der Waals surface area contributed by atoms with Crippen molar-refractivity contribution >= 4 is 45.4 Å². The van der Waals surface area contributed by atoms with Crippen molar-refractivity contribution in [2.75, 3.05) is 24.5 Å². The highest BCUT2D eigenvalue weighted by atomic mass is 35.5. The molecule has 2 aromatic carbocycles. The molecule has 0 atom stereocenters. The van der Waals surface area contributed by atoms with Crippen LogP contribution in [-0.4, -0.2) is 40.5 Å². The predicted molar refractivity (Wildman–Crippen MR) is 121 cm³/mol. The molecule has 0 saturated carbocycles. The van der Waals surface area contributed by atoms with E-state index >= 15 is 0 Å². The highest BCUT2D eigenvalue weighted by Gasteiger charge is 2.26. The van der Waals surface area contributed by atoms with Crippen molar-refractivity contribution in [3.8, 4) is 0 Å². The Morgan fingerprint density at radius 2 is 2.00 bits per heavy atom. The summed E-state index contributed by atoms with van der Waals surface area (Å²) in [6, 6.07) is 13.9. The molecule has 0 aliphatic carbocycles. The van der Waals surface area contributed by atoms with Gasteiger partial charge in [-0.25, -0.2) is 4.98 Å². The van der Waals surface area contributed by atoms with Crippen LogP contribution in [0.5, 0.6) is 0 Å². The van der Waals surface area contributed by atoms with Gasteiger partial charge in [-0.3, -0.25) is 4.79 Å². The van der Waals surface area contributed by atoms with Gasteiger partial charge in [0.25, 0.3) is 0 Å². The van der Waals surface area contributed by atoms with Gasteiger partial charge < -0.3 is 20.2 Å². The third-order valence-electron chi connectivity index (χ3n) is 5.97. The summed E-state index contributed by atoms with van der Waals surface area (Å²) in [7, 11) is 0. The number of imidazole rings is 1. The average molecular weight is 422 g/mol. The number of amides is 1. The summed E-state index contributed by atoms with van der Waals surface area (Å²) in [5.41, 5.74) is 4.27. The lowest BCUT2D eigenvalue weighted by atomic mass is 9.96. The van der Waals surface area contributed by atoms with Crippen LogP contribution in [0.3, 0.4) is 0 Å². The summed E-state index contributed by atoms with van der Waals surface area (Å²) in [5, 5.41) is 4.97. The zero-order chi connectivity index (χ0) is 20.5. The number of benzene rings is 2. The summed E-state index contributed by atoms with van der Waals surface area (Å²) >= 11 is 6.12. The fourth-order valence-corrected chi connectivity index (χ4v) is 4.44. The number of fused-ring (bicyclic) bond motifs is 2. The van der Waals surface area contributed by atoms with E-state index in [9.17, 15) is 4.79 Å². The molecule has 6 nitrogen and oxygen atoms in total. The Hall–Kier alpha value is -2.99. The summed E-state index contributed by atoms with van der Waals surface area (Å²) in [4.78, 5) is 26.2. The fraction of sp³-hybridized carbons (Fsp3) is 0.304. The van der Waals surface area contributed by atoms with E-state index in [2.05, 4.69) is 25.2 Å². The Bertz CT molecular complexity index is 1160. The molecule has 0 radical (unpaired) electrons. The Kier molecular flexibility index (Phi) is 5.09. The van der Waals surface area contributed by atoms with Crippen LogP contribution >= 0.6 is 11.6 Å². The van der Waals surface area contributed by atoms with Crippen molar-refractivity contribution in [2.45, 2.75) is 19.3 Å². The molecule has 2 aromatic heterocycles. The van der Waals surface area contributed by atoms with Crippen LogP contribution in [0.1, 0.15) is 18.4 Å². The molecule has 0 bridgehead atoms. The van der Waals surface area contributed by atoms with Crippen molar-refractivity contribution in [3.63, 3.8) is 0 Å². The van der Waals surface area contributed by atoms with Gasteiger partial charge in [-0.2, -0.15) is 0 Å². The number of piperidine rings is 1. The second-order valence-corrected chi connectivity index (χ2v) is 8.32. The molecule has 154 valence electrons. The summed E-state index contributed by atoms with van der Waals surface area (Å²) in [6.07, 6.45) is 4.46. The van der Waals surface area contributed by atoms with Crippen molar-refractivity contribution in [2.24, 2.45) is 5.92 Å². The second kappa shape index (κ2) is 8.03. The van der Waals surface area contributed by atoms with Crippen LogP contribution in [0.2, 0.25) is 5.02 Å². The van der Waals surface area contributed by atoms with E-state index in [1.807, 2.05) is 48.7 Å². The lowest BCUT2D eigenvalue weighted by Gasteiger charge is -2.31. The molecule has 0 spiro atoms. The number of nitrogens with zero attached hydrogens (tertiary/aromatic N) is 2. The van der Waals surface area contributed by atoms with E-state index in [-0.39, 0.29) is 11.8 Å². The van der Waals surface area contributed by atoms with E-state index in [0.717, 1.165) is 65.3 Å². The summed E-state index contributed by atoms with van der Waals surface area (Å²) < 4.78 is 0. The number of halogens is 1. The maximum Gasteiger partial charge on any atom is 0.223 e. The molecule has 3 N–H and O–H groups in total. The number of rotatable bonds is 5. The first kappa shape index (κ1) is 19.0. The maximum atomic E-state index is 12.6. The van der Waals surface area contributed by atoms with Crippen LogP contribution in [0.15, 0.2) is 48.7 Å². The molecule has 1 saturated heterocycles. The normalized spacial score (nSPS) is 15.2. The van der Waals surface area contributed by atoms with Crippen LogP contribution in [-0.2, 0) is 11.2 Å². The van der Waals surface area contributed by atoms with Crippen molar-refractivity contribution in [1.29, 1.82) is 0 Å². The lowest BCUT2D eigenvalue weighted by Crippen LogP contribution is -2.41. The molecule has 7 heteroatoms. The number of aromatic amines is 2. The van der Waals surface area contributed by atoms with Crippen molar-refractivity contribution in [3.05, 3.63) is 59.2 Å². The lowest BCUT2D eigenvalue weighted by molar-refractivity contribution is -0.125. The van der Waals surface area contributed by atoms with Gasteiger partial charge in [0, 0.05) is 47.7 Å². The standard InChI is InChI=1S/C23H24ClN5O/c24-17-5-6-19-18(13-17)16(14-26-19)7-10-25-22(30)15-8-11-29(12-9-15)23-27-20-3-1-2-4-21(20)28-23/h1-6,13-15,26H,7-12H2,(H,25,30)(H,27,28). The second-order valence-electron chi connectivity index (χ2n) is 7.88. The number of H-pyrrole nitrogens is 2. The number of aromatic nitrogens is 3. The van der Waals surface area contributed by atoms with Crippen LogP contribution in [0.4, 0.5) is 5.95 Å². The highest BCUT2D eigenvalue weighted by Crippen LogP contribution is 2.24. The van der Waals surface area contributed by atoms with Gasteiger partial charge in [0.05, 0.1) is 11.0 Å². The molecule has 3 heterocycles. The van der Waals surface area contributed by atoms with Gasteiger partial charge >= 0.3 is 0 Å². The zero-order valence-electron chi connectivity index (χ0n) is 16.6. The van der Waals surface area contributed by atoms with Crippen molar-refractivity contribution in [1.82, 2.24) is 20.3 Å². The minimum Gasteiger partial charge on any atom is -0.361 e. The molecule has 5 rings (SSSR count). The molecule has 1 aliphatic rings. The quantitative estimate of drug-likeness (QED) is 0.450. The summed E-state index contributed by atoms with van der Waals surface area (Å²) in [6.45, 7) is 2.29. The predicted octanol–water partition coefficient (Wildman–Crippen LogP) is 4.27. The van der Waals surface area contributed by atoms with Crippen LogP contribution < -0.4 is 10.2 Å². The minimum absolute atomic E-state index is 0.0584. The Morgan fingerprint density at radius 3 is 2.83 bits per heavy atom. The largest absolute Gasteiger partial charge is 0.361 e. The van der Waals surface area contributed by atoms with Gasteiger partial charge in [0.1, 0.15) is 0 Å². The van der Waals surface area contributed by atoms with Crippen LogP contribution in [0, 0.1) is 5.92 Å². The Morgan fingerprint density at radius 1 is 1.17 bits per heavy atom. The monoisotopic (exact) mass is 421 g/mol. The molecule has 1 aliphatic heterocycles. The van der Waals surface area contributed by atoms with E-state index in [1.54, 1.807) is 0 Å². The highest BCUT2D eigenvalue weighted by molar-refractivity contribution is 6.31. The molecule has 4 aromatic rings. The molecular formula is C23H24ClN5O. The van der Waals surface area contributed by atoms with Gasteiger partial charge in [0.2, 0.25) is 11.9 Å². The number of hydrogen-bond acceptors (Lipinski definition) is 3. The topological polar surface area (TPSA) is 76.8 Å². The van der Waals surface area contributed by atoms with Crippen LogP contribution in [0.25, 0.3) is 21.9 Å². The smallest absolute Gasteiger partial charge is 0.223 e. The van der Waals surface area contributed by atoms with E-state index in [0.29, 0.717) is 6.54 Å². The Labute approximate surface area is 179 Å². The first-order valence-corrected chi connectivity index (χ1v) is 10.8. The average Bonchev–Trinajstić information content (AvgIpc) is 3.38. The summed E-state index contributed by atoms with van der Waals surface area (Å²) in [5.74, 6) is 1.10. The fourth-order valence-electron chi connectivity index (χ4n) is 4.26. The van der Waals surface area contributed by atoms with E-state index < -0.39 is 0 Å².